The number of ether oxygens (including phenoxy) is 1. The molecule has 1 heterocycles. The minimum absolute atomic E-state index is 0.0889. The molecule has 0 fully saturated rings. The lowest BCUT2D eigenvalue weighted by atomic mass is 10.1. The molecule has 108 valence electrons. The Bertz CT molecular complexity index is 510. The van der Waals surface area contributed by atoms with Gasteiger partial charge in [0.2, 0.25) is 0 Å². The monoisotopic (exact) mass is 275 g/mol. The predicted octanol–water partition coefficient (Wildman–Crippen LogP) is 2.67. The van der Waals surface area contributed by atoms with Crippen molar-refractivity contribution in [1.82, 2.24) is 0 Å². The zero-order valence-electron chi connectivity index (χ0n) is 11.7. The highest BCUT2D eigenvalue weighted by Gasteiger charge is 2.24. The fraction of sp³-hybridized carbons (Fsp3) is 0.375. The van der Waals surface area contributed by atoms with Gasteiger partial charge in [-0.3, -0.25) is 0 Å². The van der Waals surface area contributed by atoms with Crippen molar-refractivity contribution in [3.05, 3.63) is 54.0 Å². The van der Waals surface area contributed by atoms with Gasteiger partial charge in [-0.05, 0) is 36.6 Å². The number of hydrogen-bond acceptors (Lipinski definition) is 4. The summed E-state index contributed by atoms with van der Waals surface area (Å²) in [6.45, 7) is 2.11. The van der Waals surface area contributed by atoms with Gasteiger partial charge in [0, 0.05) is 12.6 Å². The lowest BCUT2D eigenvalue weighted by molar-refractivity contribution is 0.142. The largest absolute Gasteiger partial charge is 0.481 e. The molecule has 4 heteroatoms. The summed E-state index contributed by atoms with van der Waals surface area (Å²) in [5.41, 5.74) is 7.11. The van der Waals surface area contributed by atoms with E-state index in [2.05, 4.69) is 0 Å². The van der Waals surface area contributed by atoms with E-state index in [1.807, 2.05) is 43.3 Å². The number of aliphatic hydroxyl groups excluding tert-OH is 1. The van der Waals surface area contributed by atoms with Gasteiger partial charge >= 0.3 is 0 Å². The molecule has 4 nitrogen and oxygen atoms in total. The summed E-state index contributed by atoms with van der Waals surface area (Å²) in [6.07, 6.45) is 2.64. The van der Waals surface area contributed by atoms with Crippen molar-refractivity contribution in [2.24, 2.45) is 5.73 Å². The second-order valence-electron chi connectivity index (χ2n) is 4.71. The number of aliphatic hydroxyl groups is 1. The Labute approximate surface area is 119 Å². The Kier molecular flexibility index (Phi) is 5.21. The van der Waals surface area contributed by atoms with Crippen LogP contribution in [0.4, 0.5) is 0 Å². The summed E-state index contributed by atoms with van der Waals surface area (Å²) < 4.78 is 11.5. The molecular formula is C16H21NO3. The van der Waals surface area contributed by atoms with E-state index in [1.165, 1.54) is 0 Å². The lowest BCUT2D eigenvalue weighted by Crippen LogP contribution is -2.31. The van der Waals surface area contributed by atoms with E-state index in [4.69, 9.17) is 20.0 Å². The first-order chi connectivity index (χ1) is 9.76. The summed E-state index contributed by atoms with van der Waals surface area (Å²) in [7, 11) is 0. The van der Waals surface area contributed by atoms with Crippen molar-refractivity contribution in [3.63, 3.8) is 0 Å². The maximum atomic E-state index is 9.12. The molecule has 3 N–H and O–H groups in total. The van der Waals surface area contributed by atoms with E-state index in [9.17, 15) is 0 Å². The van der Waals surface area contributed by atoms with Gasteiger partial charge < -0.3 is 20.0 Å². The molecule has 2 rings (SSSR count). The Hall–Kier alpha value is -1.78. The smallest absolute Gasteiger partial charge is 0.171 e. The highest BCUT2D eigenvalue weighted by molar-refractivity contribution is 5.34. The first kappa shape index (κ1) is 14.6. The van der Waals surface area contributed by atoms with Gasteiger partial charge in [0.15, 0.2) is 6.10 Å². The minimum Gasteiger partial charge on any atom is -0.481 e. The fourth-order valence-electron chi connectivity index (χ4n) is 2.11. The summed E-state index contributed by atoms with van der Waals surface area (Å²) in [6, 6.07) is 11.2. The SMILES string of the molecule is CCC(N)C(Oc1ccccc1CCO)c1ccco1. The van der Waals surface area contributed by atoms with Crippen LogP contribution in [-0.2, 0) is 6.42 Å². The molecule has 0 saturated heterocycles. The van der Waals surface area contributed by atoms with E-state index >= 15 is 0 Å². The number of rotatable bonds is 7. The topological polar surface area (TPSA) is 68.6 Å². The van der Waals surface area contributed by atoms with Crippen molar-refractivity contribution in [3.8, 4) is 5.75 Å². The highest BCUT2D eigenvalue weighted by Crippen LogP contribution is 2.28. The second kappa shape index (κ2) is 7.12. The van der Waals surface area contributed by atoms with E-state index in [0.29, 0.717) is 6.42 Å². The highest BCUT2D eigenvalue weighted by atomic mass is 16.5. The Morgan fingerprint density at radius 1 is 1.25 bits per heavy atom. The van der Waals surface area contributed by atoms with E-state index in [-0.39, 0.29) is 18.8 Å². The van der Waals surface area contributed by atoms with Gasteiger partial charge in [-0.15, -0.1) is 0 Å². The van der Waals surface area contributed by atoms with Crippen LogP contribution in [0.25, 0.3) is 0 Å². The van der Waals surface area contributed by atoms with Gasteiger partial charge in [-0.25, -0.2) is 0 Å². The third-order valence-corrected chi connectivity index (χ3v) is 3.29. The molecule has 0 saturated carbocycles. The Balaban J connectivity index is 2.24. The summed E-state index contributed by atoms with van der Waals surface area (Å²) in [4.78, 5) is 0. The first-order valence-corrected chi connectivity index (χ1v) is 6.90. The molecule has 2 atom stereocenters. The second-order valence-corrected chi connectivity index (χ2v) is 4.71. The van der Waals surface area contributed by atoms with Crippen molar-refractivity contribution in [2.75, 3.05) is 6.61 Å². The molecule has 0 radical (unpaired) electrons. The number of hydrogen-bond donors (Lipinski definition) is 2. The van der Waals surface area contributed by atoms with Crippen LogP contribution in [0.3, 0.4) is 0 Å². The zero-order chi connectivity index (χ0) is 14.4. The number of furan rings is 1. The van der Waals surface area contributed by atoms with Crippen molar-refractivity contribution >= 4 is 0 Å². The molecular weight excluding hydrogens is 254 g/mol. The van der Waals surface area contributed by atoms with Gasteiger partial charge in [0.1, 0.15) is 11.5 Å². The van der Waals surface area contributed by atoms with Crippen LogP contribution in [0.1, 0.15) is 30.8 Å². The maximum absolute atomic E-state index is 9.12. The van der Waals surface area contributed by atoms with Crippen LogP contribution in [0, 0.1) is 0 Å². The van der Waals surface area contributed by atoms with Crippen LogP contribution in [0.2, 0.25) is 0 Å². The summed E-state index contributed by atoms with van der Waals surface area (Å²) in [5, 5.41) is 9.12. The quantitative estimate of drug-likeness (QED) is 0.815. The summed E-state index contributed by atoms with van der Waals surface area (Å²) >= 11 is 0. The number of benzene rings is 1. The zero-order valence-corrected chi connectivity index (χ0v) is 11.7. The molecule has 0 aliphatic rings. The number of para-hydroxylation sites is 1. The standard InChI is InChI=1S/C16H21NO3/c1-2-13(17)16(15-8-5-11-19-15)20-14-7-4-3-6-12(14)9-10-18/h3-8,11,13,16,18H,2,9-10,17H2,1H3. The predicted molar refractivity (Wildman–Crippen MR) is 77.6 cm³/mol. The average molecular weight is 275 g/mol. The molecule has 0 amide bonds. The van der Waals surface area contributed by atoms with E-state index in [1.54, 1.807) is 6.26 Å². The van der Waals surface area contributed by atoms with Crippen LogP contribution in [-0.4, -0.2) is 17.8 Å². The van der Waals surface area contributed by atoms with E-state index in [0.717, 1.165) is 23.5 Å². The van der Waals surface area contributed by atoms with Crippen LogP contribution >= 0.6 is 0 Å². The average Bonchev–Trinajstić information content (AvgIpc) is 3.00. The summed E-state index contributed by atoms with van der Waals surface area (Å²) in [5.74, 6) is 1.46. The maximum Gasteiger partial charge on any atom is 0.171 e. The molecule has 0 bridgehead atoms. The molecule has 0 spiro atoms. The van der Waals surface area contributed by atoms with Crippen LogP contribution in [0.15, 0.2) is 47.1 Å². The molecule has 1 aromatic heterocycles. The molecule has 2 unspecified atom stereocenters. The molecule has 1 aromatic carbocycles. The Morgan fingerprint density at radius 3 is 2.70 bits per heavy atom. The fourth-order valence-corrected chi connectivity index (χ4v) is 2.11. The van der Waals surface area contributed by atoms with Gasteiger partial charge in [0.05, 0.1) is 6.26 Å². The molecule has 20 heavy (non-hydrogen) atoms. The van der Waals surface area contributed by atoms with Gasteiger partial charge in [-0.2, -0.15) is 0 Å². The first-order valence-electron chi connectivity index (χ1n) is 6.90. The molecule has 2 aromatic rings. The lowest BCUT2D eigenvalue weighted by Gasteiger charge is -2.23. The van der Waals surface area contributed by atoms with E-state index < -0.39 is 0 Å². The number of nitrogens with two attached hydrogens (primary N) is 1. The minimum atomic E-state index is -0.324. The van der Waals surface area contributed by atoms with Crippen molar-refractivity contribution < 1.29 is 14.3 Å². The third-order valence-electron chi connectivity index (χ3n) is 3.29. The van der Waals surface area contributed by atoms with Crippen molar-refractivity contribution in [2.45, 2.75) is 31.9 Å². The van der Waals surface area contributed by atoms with Gasteiger partial charge in [0.25, 0.3) is 0 Å². The normalized spacial score (nSPS) is 13.9. The van der Waals surface area contributed by atoms with Crippen LogP contribution in [0.5, 0.6) is 5.75 Å². The Morgan fingerprint density at radius 2 is 2.05 bits per heavy atom. The molecule has 0 aliphatic carbocycles. The van der Waals surface area contributed by atoms with Crippen molar-refractivity contribution in [1.29, 1.82) is 0 Å². The van der Waals surface area contributed by atoms with Crippen LogP contribution < -0.4 is 10.5 Å². The van der Waals surface area contributed by atoms with Gasteiger partial charge in [-0.1, -0.05) is 25.1 Å². The third kappa shape index (κ3) is 3.40. The molecule has 0 aliphatic heterocycles.